The molecule has 1 aliphatic carbocycles. The molecule has 2 aromatic rings. The Kier molecular flexibility index (Phi) is 4.21. The SMILES string of the molecule is Cc1ccccc1S(=O)(=O)NC1CCN(c2ncnc3c2CCC3)C1. The monoisotopic (exact) mass is 358 g/mol. The van der Waals surface area contributed by atoms with Crippen LogP contribution >= 0.6 is 0 Å². The van der Waals surface area contributed by atoms with E-state index in [0.717, 1.165) is 49.3 Å². The molecule has 6 nitrogen and oxygen atoms in total. The Morgan fingerprint density at radius 3 is 2.88 bits per heavy atom. The van der Waals surface area contributed by atoms with Crippen LogP contribution in [0.4, 0.5) is 5.82 Å². The Labute approximate surface area is 148 Å². The zero-order valence-electron chi connectivity index (χ0n) is 14.3. The van der Waals surface area contributed by atoms with Crippen LogP contribution in [-0.2, 0) is 22.9 Å². The maximum Gasteiger partial charge on any atom is 0.241 e. The summed E-state index contributed by atoms with van der Waals surface area (Å²) in [6, 6.07) is 6.98. The van der Waals surface area contributed by atoms with Crippen molar-refractivity contribution in [2.45, 2.75) is 43.5 Å². The van der Waals surface area contributed by atoms with Crippen LogP contribution in [0.15, 0.2) is 35.5 Å². The molecule has 25 heavy (non-hydrogen) atoms. The number of aromatic nitrogens is 2. The van der Waals surface area contributed by atoms with Crippen molar-refractivity contribution in [3.05, 3.63) is 47.4 Å². The number of anilines is 1. The maximum absolute atomic E-state index is 12.7. The van der Waals surface area contributed by atoms with Crippen molar-refractivity contribution in [3.8, 4) is 0 Å². The standard InChI is InChI=1S/C18H22N4O2S/c1-13-5-2-3-8-17(13)25(23,24)21-14-9-10-22(11-14)18-15-6-4-7-16(15)19-12-20-18/h2-3,5,8,12,14,21H,4,6-7,9-11H2,1H3. The van der Waals surface area contributed by atoms with Crippen LogP contribution in [0.1, 0.15) is 29.7 Å². The van der Waals surface area contributed by atoms with Crippen molar-refractivity contribution >= 4 is 15.8 Å². The van der Waals surface area contributed by atoms with E-state index in [2.05, 4.69) is 19.6 Å². The van der Waals surface area contributed by atoms with Gasteiger partial charge in [-0.2, -0.15) is 0 Å². The van der Waals surface area contributed by atoms with Gasteiger partial charge < -0.3 is 4.90 Å². The van der Waals surface area contributed by atoms with Gasteiger partial charge in [0.1, 0.15) is 12.1 Å². The lowest BCUT2D eigenvalue weighted by Gasteiger charge is -2.20. The number of hydrogen-bond donors (Lipinski definition) is 1. The zero-order valence-corrected chi connectivity index (χ0v) is 15.1. The van der Waals surface area contributed by atoms with E-state index < -0.39 is 10.0 Å². The molecule has 0 amide bonds. The third kappa shape index (κ3) is 3.14. The van der Waals surface area contributed by atoms with E-state index in [0.29, 0.717) is 11.4 Å². The lowest BCUT2D eigenvalue weighted by atomic mass is 10.2. The predicted molar refractivity (Wildman–Crippen MR) is 96.2 cm³/mol. The molecule has 4 rings (SSSR count). The fraction of sp³-hybridized carbons (Fsp3) is 0.444. The van der Waals surface area contributed by atoms with Crippen molar-refractivity contribution < 1.29 is 8.42 Å². The molecule has 0 radical (unpaired) electrons. The fourth-order valence-corrected chi connectivity index (χ4v) is 5.31. The van der Waals surface area contributed by atoms with Gasteiger partial charge in [-0.3, -0.25) is 0 Å². The van der Waals surface area contributed by atoms with Gasteiger partial charge in [0.15, 0.2) is 0 Å². The summed E-state index contributed by atoms with van der Waals surface area (Å²) in [4.78, 5) is 11.4. The van der Waals surface area contributed by atoms with Gasteiger partial charge in [0.2, 0.25) is 10.0 Å². The van der Waals surface area contributed by atoms with E-state index in [9.17, 15) is 8.42 Å². The normalized spacial score (nSPS) is 20.0. The van der Waals surface area contributed by atoms with Crippen LogP contribution in [0, 0.1) is 6.92 Å². The van der Waals surface area contributed by atoms with E-state index >= 15 is 0 Å². The Balaban J connectivity index is 1.50. The molecule has 0 saturated carbocycles. The second kappa shape index (κ2) is 6.38. The summed E-state index contributed by atoms with van der Waals surface area (Å²) < 4.78 is 28.2. The van der Waals surface area contributed by atoms with Gasteiger partial charge in [0.05, 0.1) is 4.90 Å². The predicted octanol–water partition coefficient (Wildman–Crippen LogP) is 1.83. The first-order chi connectivity index (χ1) is 12.0. The number of sulfonamides is 1. The number of nitrogens with one attached hydrogen (secondary N) is 1. The van der Waals surface area contributed by atoms with Gasteiger partial charge >= 0.3 is 0 Å². The van der Waals surface area contributed by atoms with Crippen molar-refractivity contribution in [2.75, 3.05) is 18.0 Å². The van der Waals surface area contributed by atoms with E-state index in [1.165, 1.54) is 5.56 Å². The van der Waals surface area contributed by atoms with Crippen LogP contribution in [0.2, 0.25) is 0 Å². The first kappa shape index (κ1) is 16.5. The average molecular weight is 358 g/mol. The highest BCUT2D eigenvalue weighted by Crippen LogP contribution is 2.30. The molecular formula is C18H22N4O2S. The van der Waals surface area contributed by atoms with Crippen LogP contribution in [0.25, 0.3) is 0 Å². The zero-order chi connectivity index (χ0) is 17.4. The number of aryl methyl sites for hydroxylation is 2. The third-order valence-electron chi connectivity index (χ3n) is 5.04. The molecule has 1 atom stereocenters. The van der Waals surface area contributed by atoms with Crippen molar-refractivity contribution in [3.63, 3.8) is 0 Å². The fourth-order valence-electron chi connectivity index (χ4n) is 3.80. The molecule has 132 valence electrons. The lowest BCUT2D eigenvalue weighted by molar-refractivity contribution is 0.560. The number of rotatable bonds is 4. The van der Waals surface area contributed by atoms with Crippen LogP contribution in [0.5, 0.6) is 0 Å². The lowest BCUT2D eigenvalue weighted by Crippen LogP contribution is -2.37. The molecule has 1 fully saturated rings. The largest absolute Gasteiger partial charge is 0.355 e. The molecule has 2 aliphatic rings. The minimum Gasteiger partial charge on any atom is -0.355 e. The van der Waals surface area contributed by atoms with Gasteiger partial charge in [-0.15, -0.1) is 0 Å². The minimum atomic E-state index is -3.50. The smallest absolute Gasteiger partial charge is 0.241 e. The molecule has 2 heterocycles. The van der Waals surface area contributed by atoms with Crippen LogP contribution in [0.3, 0.4) is 0 Å². The summed E-state index contributed by atoms with van der Waals surface area (Å²) >= 11 is 0. The number of nitrogens with zero attached hydrogens (tertiary/aromatic N) is 3. The van der Waals surface area contributed by atoms with Crippen molar-refractivity contribution in [1.29, 1.82) is 0 Å². The van der Waals surface area contributed by atoms with Gasteiger partial charge in [0.25, 0.3) is 0 Å². The summed E-state index contributed by atoms with van der Waals surface area (Å²) in [6.07, 6.45) is 5.57. The molecule has 1 N–H and O–H groups in total. The average Bonchev–Trinajstić information content (AvgIpc) is 3.23. The maximum atomic E-state index is 12.7. The first-order valence-electron chi connectivity index (χ1n) is 8.70. The van der Waals surface area contributed by atoms with Gasteiger partial charge in [0, 0.05) is 30.4 Å². The molecule has 0 spiro atoms. The van der Waals surface area contributed by atoms with Crippen molar-refractivity contribution in [1.82, 2.24) is 14.7 Å². The van der Waals surface area contributed by atoms with Crippen molar-refractivity contribution in [2.24, 2.45) is 0 Å². The van der Waals surface area contributed by atoms with Crippen LogP contribution in [-0.4, -0.2) is 37.5 Å². The topological polar surface area (TPSA) is 75.2 Å². The summed E-state index contributed by atoms with van der Waals surface area (Å²) in [5.74, 6) is 0.986. The Bertz CT molecular complexity index is 898. The Hall–Kier alpha value is -1.99. The molecule has 7 heteroatoms. The third-order valence-corrected chi connectivity index (χ3v) is 6.73. The molecule has 1 aromatic heterocycles. The van der Waals surface area contributed by atoms with Gasteiger partial charge in [-0.05, 0) is 44.2 Å². The molecule has 1 saturated heterocycles. The number of hydrogen-bond acceptors (Lipinski definition) is 5. The summed E-state index contributed by atoms with van der Waals surface area (Å²) in [7, 11) is -3.50. The highest BCUT2D eigenvalue weighted by molar-refractivity contribution is 7.89. The summed E-state index contributed by atoms with van der Waals surface area (Å²) in [6.45, 7) is 3.28. The second-order valence-corrected chi connectivity index (χ2v) is 8.48. The highest BCUT2D eigenvalue weighted by atomic mass is 32.2. The quantitative estimate of drug-likeness (QED) is 0.902. The van der Waals surface area contributed by atoms with E-state index in [-0.39, 0.29) is 6.04 Å². The minimum absolute atomic E-state index is 0.100. The van der Waals surface area contributed by atoms with E-state index in [1.807, 2.05) is 19.1 Å². The number of benzene rings is 1. The Morgan fingerprint density at radius 1 is 1.20 bits per heavy atom. The molecule has 1 aliphatic heterocycles. The van der Waals surface area contributed by atoms with E-state index in [4.69, 9.17) is 0 Å². The summed E-state index contributed by atoms with van der Waals surface area (Å²) in [5, 5.41) is 0. The Morgan fingerprint density at radius 2 is 2.04 bits per heavy atom. The van der Waals surface area contributed by atoms with Gasteiger partial charge in [-0.25, -0.2) is 23.1 Å². The molecule has 1 aromatic carbocycles. The van der Waals surface area contributed by atoms with Crippen LogP contribution < -0.4 is 9.62 Å². The molecule has 0 bridgehead atoms. The van der Waals surface area contributed by atoms with Gasteiger partial charge in [-0.1, -0.05) is 18.2 Å². The van der Waals surface area contributed by atoms with E-state index in [1.54, 1.807) is 18.5 Å². The first-order valence-corrected chi connectivity index (χ1v) is 10.2. The summed E-state index contributed by atoms with van der Waals surface area (Å²) in [5.41, 5.74) is 3.15. The molecule has 1 unspecified atom stereocenters. The number of fused-ring (bicyclic) bond motifs is 1. The highest BCUT2D eigenvalue weighted by Gasteiger charge is 2.30. The second-order valence-electron chi connectivity index (χ2n) is 6.79. The molecular weight excluding hydrogens is 336 g/mol.